The number of carboxylic acids is 1. The summed E-state index contributed by atoms with van der Waals surface area (Å²) in [5, 5.41) is 11.4. The number of hydrogen-bond acceptors (Lipinski definition) is 3. The first-order valence-corrected chi connectivity index (χ1v) is 4.27. The first kappa shape index (κ1) is 9.98. The van der Waals surface area contributed by atoms with Gasteiger partial charge in [0.05, 0.1) is 6.54 Å². The van der Waals surface area contributed by atoms with Crippen molar-refractivity contribution in [1.82, 2.24) is 10.2 Å². The summed E-state index contributed by atoms with van der Waals surface area (Å²) in [5.74, 6) is -0.986. The van der Waals surface area contributed by atoms with Gasteiger partial charge in [-0.15, -0.1) is 0 Å². The summed E-state index contributed by atoms with van der Waals surface area (Å²) in [6.07, 6.45) is 0. The molecule has 0 spiro atoms. The summed E-state index contributed by atoms with van der Waals surface area (Å²) in [6, 6.07) is -0.509. The third-order valence-electron chi connectivity index (χ3n) is 2.17. The fraction of sp³-hybridized carbons (Fsp3) is 0.750. The fourth-order valence-corrected chi connectivity index (χ4v) is 1.43. The van der Waals surface area contributed by atoms with Crippen LogP contribution in [-0.4, -0.2) is 47.1 Å². The summed E-state index contributed by atoms with van der Waals surface area (Å²) in [5.41, 5.74) is 0. The highest BCUT2D eigenvalue weighted by Crippen LogP contribution is 2.08. The highest BCUT2D eigenvalue weighted by atomic mass is 16.4. The van der Waals surface area contributed by atoms with Crippen molar-refractivity contribution in [1.29, 1.82) is 0 Å². The van der Waals surface area contributed by atoms with Crippen LogP contribution in [-0.2, 0) is 9.59 Å². The van der Waals surface area contributed by atoms with Crippen LogP contribution < -0.4 is 5.32 Å². The Morgan fingerprint density at radius 3 is 2.77 bits per heavy atom. The van der Waals surface area contributed by atoms with Gasteiger partial charge in [-0.25, -0.2) is 0 Å². The van der Waals surface area contributed by atoms with E-state index in [2.05, 4.69) is 5.32 Å². The van der Waals surface area contributed by atoms with Crippen molar-refractivity contribution in [3.8, 4) is 0 Å². The Kier molecular flexibility index (Phi) is 2.87. The Labute approximate surface area is 76.7 Å². The maximum atomic E-state index is 11.0. The second kappa shape index (κ2) is 3.74. The second-order valence-corrected chi connectivity index (χ2v) is 3.42. The van der Waals surface area contributed by atoms with Gasteiger partial charge in [-0.2, -0.15) is 0 Å². The van der Waals surface area contributed by atoms with E-state index < -0.39 is 12.0 Å². The molecule has 1 aliphatic rings. The number of carboxylic acid groups (broad SMARTS) is 1. The van der Waals surface area contributed by atoms with Crippen LogP contribution in [0.25, 0.3) is 0 Å². The van der Waals surface area contributed by atoms with Crippen molar-refractivity contribution in [2.75, 3.05) is 13.1 Å². The predicted molar refractivity (Wildman–Crippen MR) is 46.3 cm³/mol. The molecule has 0 bridgehead atoms. The van der Waals surface area contributed by atoms with Gasteiger partial charge in [0.25, 0.3) is 0 Å². The number of carbonyl (C=O) groups is 2. The van der Waals surface area contributed by atoms with E-state index in [1.165, 1.54) is 0 Å². The average Bonchev–Trinajstić information content (AvgIpc) is 2.03. The molecule has 74 valence electrons. The summed E-state index contributed by atoms with van der Waals surface area (Å²) in [7, 11) is 0. The van der Waals surface area contributed by atoms with Gasteiger partial charge < -0.3 is 10.4 Å². The van der Waals surface area contributed by atoms with Crippen LogP contribution in [0.4, 0.5) is 0 Å². The maximum Gasteiger partial charge on any atom is 0.322 e. The number of amides is 1. The number of carbonyl (C=O) groups excluding carboxylic acids is 1. The van der Waals surface area contributed by atoms with E-state index in [0.29, 0.717) is 0 Å². The molecule has 1 atom stereocenters. The monoisotopic (exact) mass is 186 g/mol. The minimum atomic E-state index is -0.881. The Bertz CT molecular complexity index is 227. The van der Waals surface area contributed by atoms with Gasteiger partial charge in [0.2, 0.25) is 5.91 Å². The number of hydrogen-bond donors (Lipinski definition) is 2. The number of nitrogens with one attached hydrogen (secondary N) is 1. The first-order valence-electron chi connectivity index (χ1n) is 4.27. The lowest BCUT2D eigenvalue weighted by atomic mass is 10.1. The van der Waals surface area contributed by atoms with Gasteiger partial charge >= 0.3 is 5.97 Å². The molecule has 1 aliphatic heterocycles. The van der Waals surface area contributed by atoms with Crippen molar-refractivity contribution >= 4 is 11.9 Å². The molecule has 5 heteroatoms. The largest absolute Gasteiger partial charge is 0.480 e. The molecule has 1 heterocycles. The molecule has 0 aliphatic carbocycles. The molecular formula is C8H14N2O3. The van der Waals surface area contributed by atoms with E-state index in [1.54, 1.807) is 4.90 Å². The van der Waals surface area contributed by atoms with Gasteiger partial charge in [0.15, 0.2) is 0 Å². The SMILES string of the molecule is CC(C)N1CC(=O)NCC1C(=O)O. The first-order chi connectivity index (χ1) is 6.02. The molecule has 1 unspecified atom stereocenters. The molecule has 1 saturated heterocycles. The van der Waals surface area contributed by atoms with Crippen molar-refractivity contribution in [3.05, 3.63) is 0 Å². The quantitative estimate of drug-likeness (QED) is 0.597. The Morgan fingerprint density at radius 1 is 1.69 bits per heavy atom. The molecule has 13 heavy (non-hydrogen) atoms. The van der Waals surface area contributed by atoms with Crippen LogP contribution >= 0.6 is 0 Å². The van der Waals surface area contributed by atoms with Gasteiger partial charge in [-0.3, -0.25) is 14.5 Å². The van der Waals surface area contributed by atoms with Crippen LogP contribution in [0.15, 0.2) is 0 Å². The minimum Gasteiger partial charge on any atom is -0.480 e. The molecule has 0 radical (unpaired) electrons. The average molecular weight is 186 g/mol. The molecule has 1 amide bonds. The van der Waals surface area contributed by atoms with Gasteiger partial charge in [0, 0.05) is 12.6 Å². The Morgan fingerprint density at radius 2 is 2.31 bits per heavy atom. The van der Waals surface area contributed by atoms with Gasteiger partial charge in [-0.1, -0.05) is 0 Å². The van der Waals surface area contributed by atoms with Crippen LogP contribution in [0.5, 0.6) is 0 Å². The predicted octanol–water partition coefficient (Wildman–Crippen LogP) is -0.720. The van der Waals surface area contributed by atoms with Crippen LogP contribution in [0.1, 0.15) is 13.8 Å². The molecule has 1 rings (SSSR count). The normalized spacial score (nSPS) is 24.5. The summed E-state index contributed by atoms with van der Waals surface area (Å²) < 4.78 is 0. The fourth-order valence-electron chi connectivity index (χ4n) is 1.43. The molecule has 1 fully saturated rings. The number of aliphatic carboxylic acids is 1. The lowest BCUT2D eigenvalue weighted by Crippen LogP contribution is -2.59. The van der Waals surface area contributed by atoms with Crippen LogP contribution in [0.2, 0.25) is 0 Å². The highest BCUT2D eigenvalue weighted by molar-refractivity contribution is 5.83. The lowest BCUT2D eigenvalue weighted by Gasteiger charge is -2.35. The topological polar surface area (TPSA) is 69.6 Å². The van der Waals surface area contributed by atoms with E-state index in [0.717, 1.165) is 0 Å². The maximum absolute atomic E-state index is 11.0. The number of piperazine rings is 1. The third kappa shape index (κ3) is 2.18. The summed E-state index contributed by atoms with van der Waals surface area (Å²) in [4.78, 5) is 23.5. The zero-order chi connectivity index (χ0) is 10.0. The minimum absolute atomic E-state index is 0.0761. The van der Waals surface area contributed by atoms with Gasteiger partial charge in [-0.05, 0) is 13.8 Å². The smallest absolute Gasteiger partial charge is 0.322 e. The van der Waals surface area contributed by atoms with E-state index >= 15 is 0 Å². The van der Waals surface area contributed by atoms with Crippen molar-refractivity contribution < 1.29 is 14.7 Å². The molecular weight excluding hydrogens is 172 g/mol. The van der Waals surface area contributed by atoms with Crippen molar-refractivity contribution in [2.24, 2.45) is 0 Å². The molecule has 0 aromatic heterocycles. The third-order valence-corrected chi connectivity index (χ3v) is 2.17. The summed E-state index contributed by atoms with van der Waals surface area (Å²) in [6.45, 7) is 4.14. The molecule has 0 saturated carbocycles. The zero-order valence-corrected chi connectivity index (χ0v) is 7.78. The molecule has 0 aromatic carbocycles. The highest BCUT2D eigenvalue weighted by Gasteiger charge is 2.33. The summed E-state index contributed by atoms with van der Waals surface area (Å²) >= 11 is 0. The zero-order valence-electron chi connectivity index (χ0n) is 7.78. The van der Waals surface area contributed by atoms with Crippen LogP contribution in [0.3, 0.4) is 0 Å². The van der Waals surface area contributed by atoms with Crippen LogP contribution in [0, 0.1) is 0 Å². The Balaban J connectivity index is 2.71. The number of rotatable bonds is 2. The van der Waals surface area contributed by atoms with Gasteiger partial charge in [0.1, 0.15) is 6.04 Å². The standard InChI is InChI=1S/C8H14N2O3/c1-5(2)10-4-7(11)9-3-6(10)8(12)13/h5-6H,3-4H2,1-2H3,(H,9,11)(H,12,13). The van der Waals surface area contributed by atoms with E-state index in [-0.39, 0.29) is 25.0 Å². The van der Waals surface area contributed by atoms with E-state index in [9.17, 15) is 9.59 Å². The van der Waals surface area contributed by atoms with Crippen molar-refractivity contribution in [3.63, 3.8) is 0 Å². The number of nitrogens with zero attached hydrogens (tertiary/aromatic N) is 1. The Hall–Kier alpha value is -1.10. The van der Waals surface area contributed by atoms with E-state index in [4.69, 9.17) is 5.11 Å². The second-order valence-electron chi connectivity index (χ2n) is 3.42. The molecule has 2 N–H and O–H groups in total. The van der Waals surface area contributed by atoms with Crippen molar-refractivity contribution in [2.45, 2.75) is 25.9 Å². The molecule has 5 nitrogen and oxygen atoms in total. The lowest BCUT2D eigenvalue weighted by molar-refractivity contribution is -0.147. The van der Waals surface area contributed by atoms with E-state index in [1.807, 2.05) is 13.8 Å². The molecule has 0 aromatic rings.